The molecule has 3 N–H and O–H groups in total. The molecule has 0 spiro atoms. The topological polar surface area (TPSA) is 55.7 Å². The van der Waals surface area contributed by atoms with Gasteiger partial charge < -0.3 is 15.5 Å². The number of likely N-dealkylation sites (tertiary alicyclic amines) is 1. The van der Waals surface area contributed by atoms with Gasteiger partial charge in [0.15, 0.2) is 0 Å². The fraction of sp³-hybridized carbons (Fsp3) is 0.600. The van der Waals surface area contributed by atoms with E-state index in [1.165, 1.54) is 19.2 Å². The summed E-state index contributed by atoms with van der Waals surface area (Å²) in [5, 5.41) is 23.0. The molecule has 102 valence electrons. The van der Waals surface area contributed by atoms with E-state index in [2.05, 4.69) is 10.2 Å². The van der Waals surface area contributed by atoms with E-state index < -0.39 is 0 Å². The van der Waals surface area contributed by atoms with Crippen LogP contribution in [0, 0.1) is 11.8 Å². The minimum Gasteiger partial charge on any atom is -0.508 e. The molecule has 3 unspecified atom stereocenters. The maximum absolute atomic E-state index is 9.95. The molecular formula is C15H20N2O2. The van der Waals surface area contributed by atoms with Crippen LogP contribution in [0.2, 0.25) is 0 Å². The zero-order chi connectivity index (χ0) is 13.0. The number of aromatic hydroxyl groups is 2. The van der Waals surface area contributed by atoms with Crippen molar-refractivity contribution in [3.05, 3.63) is 23.3 Å². The van der Waals surface area contributed by atoms with Gasteiger partial charge >= 0.3 is 0 Å². The third-order valence-electron chi connectivity index (χ3n) is 5.13. The van der Waals surface area contributed by atoms with Gasteiger partial charge in [-0.1, -0.05) is 0 Å². The van der Waals surface area contributed by atoms with Crippen LogP contribution in [0.4, 0.5) is 0 Å². The van der Waals surface area contributed by atoms with Crippen molar-refractivity contribution < 1.29 is 10.2 Å². The summed E-state index contributed by atoms with van der Waals surface area (Å²) < 4.78 is 0. The van der Waals surface area contributed by atoms with Gasteiger partial charge in [-0.15, -0.1) is 0 Å². The Morgan fingerprint density at radius 1 is 1.05 bits per heavy atom. The summed E-state index contributed by atoms with van der Waals surface area (Å²) >= 11 is 0. The first-order valence-corrected chi connectivity index (χ1v) is 7.19. The summed E-state index contributed by atoms with van der Waals surface area (Å²) in [5.74, 6) is 2.06. The molecule has 2 aliphatic heterocycles. The molecule has 2 fully saturated rings. The second-order valence-corrected chi connectivity index (χ2v) is 6.30. The number of hydrogen-bond acceptors (Lipinski definition) is 4. The maximum Gasteiger partial charge on any atom is 0.122 e. The molecule has 1 aliphatic carbocycles. The van der Waals surface area contributed by atoms with Gasteiger partial charge in [-0.25, -0.2) is 0 Å². The molecule has 4 nitrogen and oxygen atoms in total. The highest BCUT2D eigenvalue weighted by atomic mass is 16.3. The number of hydrogen-bond donors (Lipinski definition) is 3. The average Bonchev–Trinajstić information content (AvgIpc) is 2.98. The van der Waals surface area contributed by atoms with Crippen molar-refractivity contribution in [2.75, 3.05) is 26.2 Å². The van der Waals surface area contributed by atoms with Gasteiger partial charge in [0, 0.05) is 25.2 Å². The minimum absolute atomic E-state index is 0.180. The Balaban J connectivity index is 1.53. The fourth-order valence-electron chi connectivity index (χ4n) is 4.13. The van der Waals surface area contributed by atoms with Crippen LogP contribution in [0.15, 0.2) is 12.1 Å². The van der Waals surface area contributed by atoms with Crippen LogP contribution < -0.4 is 5.32 Å². The third kappa shape index (κ3) is 1.82. The lowest BCUT2D eigenvalue weighted by molar-refractivity contribution is 0.232. The Morgan fingerprint density at radius 3 is 2.53 bits per heavy atom. The van der Waals surface area contributed by atoms with Crippen molar-refractivity contribution in [1.29, 1.82) is 0 Å². The van der Waals surface area contributed by atoms with Gasteiger partial charge in [0.2, 0.25) is 0 Å². The maximum atomic E-state index is 9.95. The van der Waals surface area contributed by atoms with E-state index in [9.17, 15) is 10.2 Å². The number of fused-ring (bicyclic) bond motifs is 2. The van der Waals surface area contributed by atoms with E-state index in [-0.39, 0.29) is 11.5 Å². The van der Waals surface area contributed by atoms with Crippen molar-refractivity contribution >= 4 is 0 Å². The molecule has 3 atom stereocenters. The van der Waals surface area contributed by atoms with Crippen molar-refractivity contribution in [3.63, 3.8) is 0 Å². The molecule has 2 heterocycles. The zero-order valence-corrected chi connectivity index (χ0v) is 11.0. The predicted octanol–water partition coefficient (Wildman–Crippen LogP) is 0.716. The molecule has 0 bridgehead atoms. The normalized spacial score (nSPS) is 33.6. The van der Waals surface area contributed by atoms with Gasteiger partial charge in [-0.05, 0) is 55.0 Å². The van der Waals surface area contributed by atoms with Gasteiger partial charge in [0.1, 0.15) is 11.5 Å². The van der Waals surface area contributed by atoms with Crippen molar-refractivity contribution in [2.45, 2.75) is 18.9 Å². The Bertz CT molecular complexity index is 505. The number of rotatable bonds is 1. The van der Waals surface area contributed by atoms with Crippen LogP contribution in [-0.2, 0) is 12.8 Å². The lowest BCUT2D eigenvalue weighted by Crippen LogP contribution is -2.36. The summed E-state index contributed by atoms with van der Waals surface area (Å²) in [6.45, 7) is 4.69. The zero-order valence-electron chi connectivity index (χ0n) is 11.0. The van der Waals surface area contributed by atoms with E-state index in [0.717, 1.165) is 48.9 Å². The Kier molecular flexibility index (Phi) is 2.50. The van der Waals surface area contributed by atoms with Crippen molar-refractivity contribution in [3.8, 4) is 11.5 Å². The van der Waals surface area contributed by atoms with Crippen LogP contribution in [0.3, 0.4) is 0 Å². The van der Waals surface area contributed by atoms with Crippen LogP contribution in [0.5, 0.6) is 11.5 Å². The monoisotopic (exact) mass is 260 g/mol. The number of benzene rings is 1. The lowest BCUT2D eigenvalue weighted by Gasteiger charge is -2.24. The van der Waals surface area contributed by atoms with Crippen LogP contribution in [0.1, 0.15) is 11.1 Å². The molecule has 1 aromatic carbocycles. The Morgan fingerprint density at radius 2 is 1.79 bits per heavy atom. The summed E-state index contributed by atoms with van der Waals surface area (Å²) in [7, 11) is 0. The Labute approximate surface area is 113 Å². The van der Waals surface area contributed by atoms with E-state index in [0.29, 0.717) is 6.04 Å². The van der Waals surface area contributed by atoms with Gasteiger partial charge in [-0.2, -0.15) is 0 Å². The molecule has 3 aliphatic rings. The second kappa shape index (κ2) is 4.12. The number of nitrogens with one attached hydrogen (secondary N) is 1. The molecule has 4 heteroatoms. The van der Waals surface area contributed by atoms with E-state index in [1.54, 1.807) is 0 Å². The standard InChI is InChI=1S/C15H20N2O2/c18-13-2-9-1-12(3-14(9)15(19)4-13)17-7-10-5-16-6-11(10)8-17/h2,4,10-12,16,18-19H,1,3,5-8H2. The highest BCUT2D eigenvalue weighted by molar-refractivity contribution is 5.48. The molecule has 19 heavy (non-hydrogen) atoms. The van der Waals surface area contributed by atoms with Gasteiger partial charge in [0.05, 0.1) is 0 Å². The largest absolute Gasteiger partial charge is 0.508 e. The van der Waals surface area contributed by atoms with E-state index >= 15 is 0 Å². The molecule has 0 amide bonds. The predicted molar refractivity (Wildman–Crippen MR) is 72.4 cm³/mol. The van der Waals surface area contributed by atoms with Crippen molar-refractivity contribution in [2.24, 2.45) is 11.8 Å². The summed E-state index contributed by atoms with van der Waals surface area (Å²) in [6.07, 6.45) is 1.89. The van der Waals surface area contributed by atoms with Gasteiger partial charge in [0.25, 0.3) is 0 Å². The molecule has 1 aromatic rings. The molecule has 0 aromatic heterocycles. The number of nitrogens with zero attached hydrogens (tertiary/aromatic N) is 1. The molecule has 0 radical (unpaired) electrons. The first-order valence-electron chi connectivity index (χ1n) is 7.19. The summed E-state index contributed by atoms with van der Waals surface area (Å²) in [5.41, 5.74) is 2.16. The number of phenols is 2. The SMILES string of the molecule is Oc1cc(O)c2c(c1)CC(N1CC3CNCC3C1)C2. The highest BCUT2D eigenvalue weighted by Crippen LogP contribution is 2.38. The van der Waals surface area contributed by atoms with Crippen LogP contribution in [-0.4, -0.2) is 47.3 Å². The first kappa shape index (κ1) is 11.6. The summed E-state index contributed by atoms with van der Waals surface area (Å²) in [4.78, 5) is 2.59. The smallest absolute Gasteiger partial charge is 0.122 e. The molecule has 0 saturated carbocycles. The summed E-state index contributed by atoms with van der Waals surface area (Å²) in [6, 6.07) is 3.78. The number of phenolic OH excluding ortho intramolecular Hbond substituents is 2. The fourth-order valence-corrected chi connectivity index (χ4v) is 4.13. The first-order chi connectivity index (χ1) is 9.20. The van der Waals surface area contributed by atoms with Crippen LogP contribution >= 0.6 is 0 Å². The average molecular weight is 260 g/mol. The van der Waals surface area contributed by atoms with Crippen LogP contribution in [0.25, 0.3) is 0 Å². The molecule has 2 saturated heterocycles. The second-order valence-electron chi connectivity index (χ2n) is 6.30. The quantitative estimate of drug-likeness (QED) is 0.696. The van der Waals surface area contributed by atoms with E-state index in [1.807, 2.05) is 6.07 Å². The van der Waals surface area contributed by atoms with E-state index in [4.69, 9.17) is 0 Å². The molecular weight excluding hydrogens is 240 g/mol. The lowest BCUT2D eigenvalue weighted by atomic mass is 10.0. The highest BCUT2D eigenvalue weighted by Gasteiger charge is 2.40. The molecule has 4 rings (SSSR count). The third-order valence-corrected chi connectivity index (χ3v) is 5.13. The van der Waals surface area contributed by atoms with Crippen molar-refractivity contribution in [1.82, 2.24) is 10.2 Å². The Hall–Kier alpha value is -1.26. The van der Waals surface area contributed by atoms with Gasteiger partial charge in [-0.3, -0.25) is 4.90 Å². The minimum atomic E-state index is 0.180.